The summed E-state index contributed by atoms with van der Waals surface area (Å²) in [6.07, 6.45) is -0.618. The van der Waals surface area contributed by atoms with Crippen molar-refractivity contribution < 1.29 is 17.9 Å². The second-order valence-corrected chi connectivity index (χ2v) is 7.47. The lowest BCUT2D eigenvalue weighted by Gasteiger charge is -2.09. The zero-order valence-corrected chi connectivity index (χ0v) is 15.1. The lowest BCUT2D eigenvalue weighted by atomic mass is 10.2. The number of hydrogen-bond donors (Lipinski definition) is 2. The van der Waals surface area contributed by atoms with Gasteiger partial charge in [-0.05, 0) is 42.0 Å². The fraction of sp³-hybridized carbons (Fsp3) is 0.0500. The quantitative estimate of drug-likeness (QED) is 0.668. The fourth-order valence-corrected chi connectivity index (χ4v) is 3.56. The van der Waals surface area contributed by atoms with E-state index in [0.717, 1.165) is 0 Å². The van der Waals surface area contributed by atoms with Crippen LogP contribution in [-0.2, 0) is 15.8 Å². The number of amides is 1. The Hall–Kier alpha value is -3.32. The lowest BCUT2D eigenvalue weighted by molar-refractivity contribution is 0.215. The first kappa shape index (κ1) is 18.5. The van der Waals surface area contributed by atoms with E-state index >= 15 is 0 Å². The Balaban J connectivity index is 1.57. The first-order valence-corrected chi connectivity index (χ1v) is 9.84. The maximum absolute atomic E-state index is 12.2. The van der Waals surface area contributed by atoms with E-state index in [-0.39, 0.29) is 5.75 Å². The molecule has 3 aromatic rings. The van der Waals surface area contributed by atoms with E-state index in [0.29, 0.717) is 22.7 Å². The number of sulfonamides is 1. The number of carbonyl (C=O) groups is 1. The number of benzene rings is 3. The van der Waals surface area contributed by atoms with Crippen molar-refractivity contribution in [2.75, 3.05) is 10.0 Å². The molecule has 138 valence electrons. The van der Waals surface area contributed by atoms with E-state index in [1.54, 1.807) is 72.8 Å². The molecular weight excluding hydrogens is 364 g/mol. The van der Waals surface area contributed by atoms with Gasteiger partial charge in [0.15, 0.2) is 0 Å². The molecule has 27 heavy (non-hydrogen) atoms. The van der Waals surface area contributed by atoms with Crippen molar-refractivity contribution in [3.05, 3.63) is 90.5 Å². The van der Waals surface area contributed by atoms with Gasteiger partial charge in [-0.1, -0.05) is 48.5 Å². The minimum absolute atomic E-state index is 0.170. The molecule has 0 aromatic heterocycles. The van der Waals surface area contributed by atoms with Crippen molar-refractivity contribution in [2.45, 2.75) is 5.75 Å². The van der Waals surface area contributed by atoms with Crippen molar-refractivity contribution in [3.63, 3.8) is 0 Å². The first-order chi connectivity index (χ1) is 13.0. The van der Waals surface area contributed by atoms with Gasteiger partial charge in [-0.2, -0.15) is 0 Å². The predicted octanol–water partition coefficient (Wildman–Crippen LogP) is 4.24. The normalized spacial score (nSPS) is 10.8. The fourth-order valence-electron chi connectivity index (χ4n) is 2.36. The van der Waals surface area contributed by atoms with Gasteiger partial charge in [0, 0.05) is 11.4 Å². The standard InChI is InChI=1S/C20H18N2O4S/c23-20(26-19-9-5-2-6-10-19)21-17-13-11-16(12-14-17)15-27(24,25)22-18-7-3-1-4-8-18/h1-14,22H,15H2,(H,21,23). The largest absolute Gasteiger partial charge is 0.417 e. The van der Waals surface area contributed by atoms with E-state index in [1.807, 2.05) is 12.1 Å². The smallest absolute Gasteiger partial charge is 0.410 e. The van der Waals surface area contributed by atoms with Gasteiger partial charge in [0.05, 0.1) is 5.75 Å². The second-order valence-electron chi connectivity index (χ2n) is 5.75. The third-order valence-corrected chi connectivity index (χ3v) is 4.82. The molecule has 2 N–H and O–H groups in total. The van der Waals surface area contributed by atoms with Crippen LogP contribution in [0.3, 0.4) is 0 Å². The molecule has 3 aromatic carbocycles. The van der Waals surface area contributed by atoms with Crippen molar-refractivity contribution >= 4 is 27.5 Å². The second kappa shape index (κ2) is 8.37. The summed E-state index contributed by atoms with van der Waals surface area (Å²) in [5, 5.41) is 2.59. The molecule has 0 aliphatic heterocycles. The van der Waals surface area contributed by atoms with Crippen molar-refractivity contribution in [3.8, 4) is 5.75 Å². The van der Waals surface area contributed by atoms with E-state index in [2.05, 4.69) is 10.0 Å². The molecule has 0 fully saturated rings. The van der Waals surface area contributed by atoms with Crippen molar-refractivity contribution in [1.29, 1.82) is 0 Å². The summed E-state index contributed by atoms with van der Waals surface area (Å²) in [6, 6.07) is 23.9. The van der Waals surface area contributed by atoms with Gasteiger partial charge in [-0.15, -0.1) is 0 Å². The summed E-state index contributed by atoms with van der Waals surface area (Å²) in [5.74, 6) is 0.265. The highest BCUT2D eigenvalue weighted by molar-refractivity contribution is 7.91. The Morgan fingerprint density at radius 1 is 0.778 bits per heavy atom. The van der Waals surface area contributed by atoms with E-state index in [9.17, 15) is 13.2 Å². The average molecular weight is 382 g/mol. The van der Waals surface area contributed by atoms with E-state index < -0.39 is 16.1 Å². The zero-order chi connectivity index (χ0) is 19.1. The van der Waals surface area contributed by atoms with Gasteiger partial charge in [-0.3, -0.25) is 10.0 Å². The number of rotatable bonds is 6. The van der Waals surface area contributed by atoms with Crippen LogP contribution in [-0.4, -0.2) is 14.5 Å². The summed E-state index contributed by atoms with van der Waals surface area (Å²) >= 11 is 0. The summed E-state index contributed by atoms with van der Waals surface area (Å²) in [6.45, 7) is 0. The molecule has 0 spiro atoms. The monoisotopic (exact) mass is 382 g/mol. The van der Waals surface area contributed by atoms with Crippen LogP contribution in [0.4, 0.5) is 16.2 Å². The molecule has 0 saturated heterocycles. The molecule has 0 atom stereocenters. The van der Waals surface area contributed by atoms with E-state index in [1.165, 1.54) is 0 Å². The molecule has 0 radical (unpaired) electrons. The number of para-hydroxylation sites is 2. The van der Waals surface area contributed by atoms with Crippen LogP contribution < -0.4 is 14.8 Å². The van der Waals surface area contributed by atoms with Gasteiger partial charge in [-0.25, -0.2) is 13.2 Å². The minimum atomic E-state index is -3.53. The molecule has 6 nitrogen and oxygen atoms in total. The van der Waals surface area contributed by atoms with Crippen LogP contribution >= 0.6 is 0 Å². The third kappa shape index (κ3) is 5.86. The van der Waals surface area contributed by atoms with Crippen LogP contribution in [0.25, 0.3) is 0 Å². The van der Waals surface area contributed by atoms with E-state index in [4.69, 9.17) is 4.74 Å². The van der Waals surface area contributed by atoms with Crippen LogP contribution in [0.1, 0.15) is 5.56 Å². The maximum Gasteiger partial charge on any atom is 0.417 e. The number of ether oxygens (including phenoxy) is 1. The lowest BCUT2D eigenvalue weighted by Crippen LogP contribution is -2.17. The van der Waals surface area contributed by atoms with Gasteiger partial charge in [0.25, 0.3) is 0 Å². The Morgan fingerprint density at radius 3 is 2.00 bits per heavy atom. The molecule has 0 unspecified atom stereocenters. The topological polar surface area (TPSA) is 84.5 Å². The highest BCUT2D eigenvalue weighted by atomic mass is 32.2. The van der Waals surface area contributed by atoms with Crippen LogP contribution in [0.2, 0.25) is 0 Å². The average Bonchev–Trinajstić information content (AvgIpc) is 2.64. The summed E-state index contributed by atoms with van der Waals surface area (Å²) < 4.78 is 32.1. The highest BCUT2D eigenvalue weighted by Crippen LogP contribution is 2.16. The zero-order valence-electron chi connectivity index (χ0n) is 14.3. The third-order valence-electron chi connectivity index (χ3n) is 3.56. The molecule has 0 bridgehead atoms. The Bertz CT molecular complexity index is 989. The Labute approximate surface area is 157 Å². The number of anilines is 2. The first-order valence-electron chi connectivity index (χ1n) is 8.18. The maximum atomic E-state index is 12.2. The van der Waals surface area contributed by atoms with Gasteiger partial charge in [0.2, 0.25) is 10.0 Å². The molecule has 0 aliphatic rings. The summed E-state index contributed by atoms with van der Waals surface area (Å²) in [5.41, 5.74) is 1.62. The molecule has 1 amide bonds. The Kier molecular flexibility index (Phi) is 5.73. The van der Waals surface area contributed by atoms with Crippen LogP contribution in [0, 0.1) is 0 Å². The van der Waals surface area contributed by atoms with Crippen LogP contribution in [0.15, 0.2) is 84.9 Å². The number of hydrogen-bond acceptors (Lipinski definition) is 4. The summed E-state index contributed by atoms with van der Waals surface area (Å²) in [7, 11) is -3.53. The molecule has 0 heterocycles. The van der Waals surface area contributed by atoms with Gasteiger partial charge < -0.3 is 4.74 Å². The summed E-state index contributed by atoms with van der Waals surface area (Å²) in [4.78, 5) is 11.9. The van der Waals surface area contributed by atoms with Crippen LogP contribution in [0.5, 0.6) is 5.75 Å². The molecule has 7 heteroatoms. The molecular formula is C20H18N2O4S. The Morgan fingerprint density at radius 2 is 1.37 bits per heavy atom. The van der Waals surface area contributed by atoms with Gasteiger partial charge in [0.1, 0.15) is 5.75 Å². The molecule has 0 aliphatic carbocycles. The van der Waals surface area contributed by atoms with Crippen molar-refractivity contribution in [2.24, 2.45) is 0 Å². The number of carbonyl (C=O) groups excluding carboxylic acids is 1. The minimum Gasteiger partial charge on any atom is -0.410 e. The number of nitrogens with one attached hydrogen (secondary N) is 2. The highest BCUT2D eigenvalue weighted by Gasteiger charge is 2.12. The SMILES string of the molecule is O=C(Nc1ccc(CS(=O)(=O)Nc2ccccc2)cc1)Oc1ccccc1. The molecule has 3 rings (SSSR count). The predicted molar refractivity (Wildman–Crippen MR) is 105 cm³/mol. The van der Waals surface area contributed by atoms with Crippen molar-refractivity contribution in [1.82, 2.24) is 0 Å². The molecule has 0 saturated carbocycles. The van der Waals surface area contributed by atoms with Gasteiger partial charge >= 0.3 is 6.09 Å².